The zero-order valence-electron chi connectivity index (χ0n) is 10.6. The van der Waals surface area contributed by atoms with Crippen LogP contribution in [-0.2, 0) is 11.3 Å². The Morgan fingerprint density at radius 3 is 2.84 bits per heavy atom. The van der Waals surface area contributed by atoms with Gasteiger partial charge in [0.05, 0.1) is 5.92 Å². The SMILES string of the molecule is O=C(O)[C@H]1CCCN(C(=O)NCc2ccncc2)C1. The van der Waals surface area contributed by atoms with E-state index in [1.165, 1.54) is 0 Å². The molecule has 0 aliphatic carbocycles. The average molecular weight is 263 g/mol. The number of carbonyl (C=O) groups excluding carboxylic acids is 1. The molecule has 0 aromatic carbocycles. The topological polar surface area (TPSA) is 82.5 Å². The van der Waals surface area contributed by atoms with E-state index in [1.807, 2.05) is 12.1 Å². The van der Waals surface area contributed by atoms with Crippen molar-refractivity contribution in [1.82, 2.24) is 15.2 Å². The van der Waals surface area contributed by atoms with E-state index in [9.17, 15) is 9.59 Å². The Kier molecular flexibility index (Phi) is 4.33. The van der Waals surface area contributed by atoms with Gasteiger partial charge < -0.3 is 15.3 Å². The van der Waals surface area contributed by atoms with Crippen LogP contribution in [0.5, 0.6) is 0 Å². The number of nitrogens with one attached hydrogen (secondary N) is 1. The Labute approximate surface area is 111 Å². The molecule has 0 saturated carbocycles. The average Bonchev–Trinajstić information content (AvgIpc) is 2.46. The van der Waals surface area contributed by atoms with E-state index in [0.29, 0.717) is 19.5 Å². The standard InChI is InChI=1S/C13H17N3O3/c17-12(18)11-2-1-7-16(9-11)13(19)15-8-10-3-5-14-6-4-10/h3-6,11H,1-2,7-9H2,(H,15,19)(H,17,18)/t11-/m0/s1. The first-order chi connectivity index (χ1) is 9.16. The van der Waals surface area contributed by atoms with Crippen LogP contribution >= 0.6 is 0 Å². The summed E-state index contributed by atoms with van der Waals surface area (Å²) in [5.41, 5.74) is 0.968. The third-order valence-electron chi connectivity index (χ3n) is 3.25. The van der Waals surface area contributed by atoms with E-state index in [-0.39, 0.29) is 12.6 Å². The number of nitrogens with zero attached hydrogens (tertiary/aromatic N) is 2. The van der Waals surface area contributed by atoms with Crippen LogP contribution in [0.2, 0.25) is 0 Å². The molecular weight excluding hydrogens is 246 g/mol. The molecule has 1 saturated heterocycles. The summed E-state index contributed by atoms with van der Waals surface area (Å²) in [6.07, 6.45) is 4.72. The maximum Gasteiger partial charge on any atom is 0.317 e. The molecule has 1 aromatic rings. The number of urea groups is 1. The molecule has 6 heteroatoms. The minimum atomic E-state index is -0.827. The molecule has 1 aliphatic heterocycles. The number of aliphatic carboxylic acids is 1. The predicted octanol–water partition coefficient (Wildman–Crippen LogP) is 1.09. The van der Waals surface area contributed by atoms with Crippen LogP contribution in [0.3, 0.4) is 0 Å². The van der Waals surface area contributed by atoms with Gasteiger partial charge in [0.1, 0.15) is 0 Å². The zero-order chi connectivity index (χ0) is 13.7. The Hall–Kier alpha value is -2.11. The molecule has 6 nitrogen and oxygen atoms in total. The highest BCUT2D eigenvalue weighted by molar-refractivity contribution is 5.76. The van der Waals surface area contributed by atoms with Crippen LogP contribution in [0.15, 0.2) is 24.5 Å². The van der Waals surface area contributed by atoms with E-state index in [0.717, 1.165) is 12.0 Å². The van der Waals surface area contributed by atoms with E-state index in [2.05, 4.69) is 10.3 Å². The first-order valence-corrected chi connectivity index (χ1v) is 6.31. The number of pyridine rings is 1. The molecule has 102 valence electrons. The second kappa shape index (κ2) is 6.17. The highest BCUT2D eigenvalue weighted by Crippen LogP contribution is 2.16. The van der Waals surface area contributed by atoms with Gasteiger partial charge in [-0.1, -0.05) is 0 Å². The smallest absolute Gasteiger partial charge is 0.317 e. The number of hydrogen-bond donors (Lipinski definition) is 2. The van der Waals surface area contributed by atoms with Crippen molar-refractivity contribution in [2.45, 2.75) is 19.4 Å². The van der Waals surface area contributed by atoms with Gasteiger partial charge in [0.25, 0.3) is 0 Å². The number of carboxylic acid groups (broad SMARTS) is 1. The molecule has 2 rings (SSSR count). The number of aromatic nitrogens is 1. The maximum absolute atomic E-state index is 11.9. The summed E-state index contributed by atoms with van der Waals surface area (Å²) >= 11 is 0. The second-order valence-corrected chi connectivity index (χ2v) is 4.64. The molecule has 0 spiro atoms. The molecule has 2 N–H and O–H groups in total. The summed E-state index contributed by atoms with van der Waals surface area (Å²) in [6.45, 7) is 1.33. The van der Waals surface area contributed by atoms with Crippen molar-refractivity contribution >= 4 is 12.0 Å². The first kappa shape index (κ1) is 13.3. The molecule has 2 amide bonds. The summed E-state index contributed by atoms with van der Waals surface area (Å²) in [4.78, 5) is 28.4. The van der Waals surface area contributed by atoms with Gasteiger partial charge in [0.2, 0.25) is 0 Å². The van der Waals surface area contributed by atoms with Crippen LogP contribution in [0, 0.1) is 5.92 Å². The van der Waals surface area contributed by atoms with Crippen molar-refractivity contribution in [3.05, 3.63) is 30.1 Å². The third kappa shape index (κ3) is 3.67. The van der Waals surface area contributed by atoms with Gasteiger partial charge in [-0.05, 0) is 30.5 Å². The van der Waals surface area contributed by atoms with E-state index in [4.69, 9.17) is 5.11 Å². The molecule has 0 radical (unpaired) electrons. The number of piperidine rings is 1. The highest BCUT2D eigenvalue weighted by Gasteiger charge is 2.27. The third-order valence-corrected chi connectivity index (χ3v) is 3.25. The normalized spacial score (nSPS) is 18.9. The molecule has 2 heterocycles. The van der Waals surface area contributed by atoms with Crippen LogP contribution in [0.4, 0.5) is 4.79 Å². The van der Waals surface area contributed by atoms with Gasteiger partial charge >= 0.3 is 12.0 Å². The fourth-order valence-electron chi connectivity index (χ4n) is 2.15. The molecule has 1 aromatic heterocycles. The van der Waals surface area contributed by atoms with Gasteiger partial charge in [-0.2, -0.15) is 0 Å². The number of carboxylic acids is 1. The first-order valence-electron chi connectivity index (χ1n) is 6.31. The lowest BCUT2D eigenvalue weighted by Crippen LogP contribution is -2.46. The van der Waals surface area contributed by atoms with Gasteiger partial charge in [-0.3, -0.25) is 9.78 Å². The van der Waals surface area contributed by atoms with Crippen LogP contribution in [0.1, 0.15) is 18.4 Å². The van der Waals surface area contributed by atoms with E-state index < -0.39 is 11.9 Å². The van der Waals surface area contributed by atoms with Gasteiger partial charge in [-0.25, -0.2) is 4.79 Å². The number of rotatable bonds is 3. The summed E-state index contributed by atoms with van der Waals surface area (Å²) in [5.74, 6) is -1.27. The Bertz CT molecular complexity index is 450. The number of hydrogen-bond acceptors (Lipinski definition) is 3. The molecule has 1 aliphatic rings. The minimum absolute atomic E-state index is 0.206. The van der Waals surface area contributed by atoms with Crippen molar-refractivity contribution in [2.75, 3.05) is 13.1 Å². The van der Waals surface area contributed by atoms with Crippen LogP contribution in [0.25, 0.3) is 0 Å². The fourth-order valence-corrected chi connectivity index (χ4v) is 2.15. The monoisotopic (exact) mass is 263 g/mol. The second-order valence-electron chi connectivity index (χ2n) is 4.64. The Morgan fingerprint density at radius 2 is 2.16 bits per heavy atom. The Morgan fingerprint density at radius 1 is 1.42 bits per heavy atom. The molecule has 0 unspecified atom stereocenters. The largest absolute Gasteiger partial charge is 0.481 e. The van der Waals surface area contributed by atoms with Crippen molar-refractivity contribution in [1.29, 1.82) is 0 Å². The van der Waals surface area contributed by atoms with E-state index >= 15 is 0 Å². The van der Waals surface area contributed by atoms with Gasteiger partial charge in [-0.15, -0.1) is 0 Å². The minimum Gasteiger partial charge on any atom is -0.481 e. The van der Waals surface area contributed by atoms with Crippen LogP contribution in [-0.4, -0.2) is 40.1 Å². The Balaban J connectivity index is 1.84. The summed E-state index contributed by atoms with van der Waals surface area (Å²) in [7, 11) is 0. The summed E-state index contributed by atoms with van der Waals surface area (Å²) in [5, 5.41) is 11.8. The quantitative estimate of drug-likeness (QED) is 0.855. The predicted molar refractivity (Wildman–Crippen MR) is 68.4 cm³/mol. The molecule has 0 bridgehead atoms. The lowest BCUT2D eigenvalue weighted by molar-refractivity contribution is -0.143. The molecular formula is C13H17N3O3. The van der Waals surface area contributed by atoms with Crippen LogP contribution < -0.4 is 5.32 Å². The van der Waals surface area contributed by atoms with Crippen molar-refractivity contribution in [3.63, 3.8) is 0 Å². The summed E-state index contributed by atoms with van der Waals surface area (Å²) < 4.78 is 0. The van der Waals surface area contributed by atoms with Gasteiger partial charge in [0.15, 0.2) is 0 Å². The number of carbonyl (C=O) groups is 2. The van der Waals surface area contributed by atoms with Gasteiger partial charge in [0, 0.05) is 32.0 Å². The van der Waals surface area contributed by atoms with Crippen molar-refractivity contribution < 1.29 is 14.7 Å². The lowest BCUT2D eigenvalue weighted by atomic mass is 9.99. The molecule has 1 fully saturated rings. The molecule has 19 heavy (non-hydrogen) atoms. The van der Waals surface area contributed by atoms with Crippen molar-refractivity contribution in [2.24, 2.45) is 5.92 Å². The van der Waals surface area contributed by atoms with Crippen molar-refractivity contribution in [3.8, 4) is 0 Å². The summed E-state index contributed by atoms with van der Waals surface area (Å²) in [6, 6.07) is 3.45. The zero-order valence-corrected chi connectivity index (χ0v) is 10.6. The molecule has 1 atom stereocenters. The fraction of sp³-hybridized carbons (Fsp3) is 0.462. The maximum atomic E-state index is 11.9. The van der Waals surface area contributed by atoms with E-state index in [1.54, 1.807) is 17.3 Å². The lowest BCUT2D eigenvalue weighted by Gasteiger charge is -2.30. The number of amides is 2. The number of likely N-dealkylation sites (tertiary alicyclic amines) is 1. The highest BCUT2D eigenvalue weighted by atomic mass is 16.4.